The summed E-state index contributed by atoms with van der Waals surface area (Å²) in [5.41, 5.74) is 3.38. The number of aromatic amines is 1. The van der Waals surface area contributed by atoms with Gasteiger partial charge in [-0.25, -0.2) is 0 Å². The van der Waals surface area contributed by atoms with E-state index in [9.17, 15) is 4.79 Å². The van der Waals surface area contributed by atoms with Crippen LogP contribution in [0.4, 0.5) is 0 Å². The van der Waals surface area contributed by atoms with E-state index in [2.05, 4.69) is 31.0 Å². The molecule has 0 unspecified atom stereocenters. The molecule has 1 atom stereocenters. The first-order valence-electron chi connectivity index (χ1n) is 8.50. The van der Waals surface area contributed by atoms with Gasteiger partial charge < -0.3 is 4.98 Å². The maximum atomic E-state index is 13.1. The molecular formula is C19H20N2OS2. The van der Waals surface area contributed by atoms with E-state index in [-0.39, 0.29) is 5.56 Å². The summed E-state index contributed by atoms with van der Waals surface area (Å²) in [5.74, 6) is 0.521. The molecule has 0 saturated heterocycles. The van der Waals surface area contributed by atoms with Gasteiger partial charge in [0.1, 0.15) is 4.83 Å². The molecule has 3 aromatic rings. The summed E-state index contributed by atoms with van der Waals surface area (Å²) in [4.78, 5) is 18.7. The first-order valence-corrected chi connectivity index (χ1v) is 9.72. The number of nitrogens with zero attached hydrogens (tertiary/aromatic N) is 1. The van der Waals surface area contributed by atoms with Gasteiger partial charge in [0, 0.05) is 4.88 Å². The molecule has 0 spiro atoms. The first-order chi connectivity index (χ1) is 11.6. The van der Waals surface area contributed by atoms with Crippen molar-refractivity contribution in [1.82, 2.24) is 9.55 Å². The molecule has 1 aliphatic rings. The Balaban J connectivity index is 1.91. The highest BCUT2D eigenvalue weighted by Gasteiger charge is 2.21. The van der Waals surface area contributed by atoms with E-state index in [4.69, 9.17) is 12.2 Å². The van der Waals surface area contributed by atoms with Crippen molar-refractivity contribution in [2.24, 2.45) is 0 Å². The quantitative estimate of drug-likeness (QED) is 0.662. The number of aromatic nitrogens is 2. The van der Waals surface area contributed by atoms with Crippen molar-refractivity contribution in [2.75, 3.05) is 0 Å². The number of rotatable bonds is 3. The van der Waals surface area contributed by atoms with Gasteiger partial charge in [-0.2, -0.15) is 0 Å². The Labute approximate surface area is 150 Å². The highest BCUT2D eigenvalue weighted by Crippen LogP contribution is 2.34. The van der Waals surface area contributed by atoms with Gasteiger partial charge in [-0.3, -0.25) is 9.36 Å². The van der Waals surface area contributed by atoms with Crippen molar-refractivity contribution in [3.05, 3.63) is 55.4 Å². The molecule has 2 heterocycles. The standard InChI is InChI=1S/C19H20N2OS2/c1-3-11(2)12-7-9-13(10-8-12)21-18(22)16-14-5-4-6-15(14)24-17(16)20-19(21)23/h7-11H,3-6H2,1-2H3,(H,20,23)/t11-/m1/s1. The molecule has 1 aliphatic carbocycles. The Kier molecular flexibility index (Phi) is 3.93. The van der Waals surface area contributed by atoms with Crippen LogP contribution in [0.2, 0.25) is 0 Å². The molecular weight excluding hydrogens is 336 g/mol. The second-order valence-corrected chi connectivity index (χ2v) is 8.02. The highest BCUT2D eigenvalue weighted by molar-refractivity contribution is 7.71. The smallest absolute Gasteiger partial charge is 0.267 e. The summed E-state index contributed by atoms with van der Waals surface area (Å²) in [5, 5.41) is 0.840. The fourth-order valence-corrected chi connectivity index (χ4v) is 5.13. The zero-order valence-corrected chi connectivity index (χ0v) is 15.5. The second kappa shape index (κ2) is 5.97. The molecule has 4 rings (SSSR count). The predicted octanol–water partition coefficient (Wildman–Crippen LogP) is 5.11. The second-order valence-electron chi connectivity index (χ2n) is 6.53. The van der Waals surface area contributed by atoms with Crippen LogP contribution in [-0.2, 0) is 12.8 Å². The minimum Gasteiger partial charge on any atom is -0.323 e. The summed E-state index contributed by atoms with van der Waals surface area (Å²) in [6.45, 7) is 4.40. The average Bonchev–Trinajstić information content (AvgIpc) is 3.15. The molecule has 0 aliphatic heterocycles. The Bertz CT molecular complexity index is 1020. The summed E-state index contributed by atoms with van der Waals surface area (Å²) in [6.07, 6.45) is 4.34. The lowest BCUT2D eigenvalue weighted by Crippen LogP contribution is -2.20. The molecule has 24 heavy (non-hydrogen) atoms. The maximum absolute atomic E-state index is 13.1. The van der Waals surface area contributed by atoms with Crippen molar-refractivity contribution in [3.8, 4) is 5.69 Å². The van der Waals surface area contributed by atoms with Crippen molar-refractivity contribution in [2.45, 2.75) is 45.4 Å². The molecule has 124 valence electrons. The number of benzene rings is 1. The Morgan fingerprint density at radius 1 is 1.29 bits per heavy atom. The van der Waals surface area contributed by atoms with Crippen LogP contribution in [0.1, 0.15) is 48.6 Å². The van der Waals surface area contributed by atoms with Crippen molar-refractivity contribution in [3.63, 3.8) is 0 Å². The fraction of sp³-hybridized carbons (Fsp3) is 0.368. The van der Waals surface area contributed by atoms with E-state index < -0.39 is 0 Å². The van der Waals surface area contributed by atoms with Crippen LogP contribution in [-0.4, -0.2) is 9.55 Å². The number of H-pyrrole nitrogens is 1. The van der Waals surface area contributed by atoms with Crippen LogP contribution in [0.15, 0.2) is 29.1 Å². The van der Waals surface area contributed by atoms with E-state index in [0.29, 0.717) is 10.7 Å². The minimum atomic E-state index is 0.0180. The Morgan fingerprint density at radius 3 is 2.75 bits per heavy atom. The lowest BCUT2D eigenvalue weighted by molar-refractivity contribution is 0.733. The average molecular weight is 357 g/mol. The van der Waals surface area contributed by atoms with E-state index >= 15 is 0 Å². The first kappa shape index (κ1) is 15.8. The molecule has 0 saturated carbocycles. The SMILES string of the molecule is CC[C@@H](C)c1ccc(-n2c(=S)[nH]c3sc4c(c3c2=O)CCC4)cc1. The van der Waals surface area contributed by atoms with Gasteiger partial charge in [-0.15, -0.1) is 11.3 Å². The zero-order chi connectivity index (χ0) is 16.8. The zero-order valence-electron chi connectivity index (χ0n) is 13.9. The number of thiophene rings is 1. The van der Waals surface area contributed by atoms with Crippen LogP contribution >= 0.6 is 23.6 Å². The molecule has 1 aromatic carbocycles. The van der Waals surface area contributed by atoms with E-state index in [1.54, 1.807) is 15.9 Å². The third kappa shape index (κ3) is 2.38. The number of hydrogen-bond donors (Lipinski definition) is 1. The van der Waals surface area contributed by atoms with E-state index in [1.807, 2.05) is 12.1 Å². The molecule has 0 radical (unpaired) electrons. The van der Waals surface area contributed by atoms with Crippen molar-refractivity contribution < 1.29 is 0 Å². The van der Waals surface area contributed by atoms with Gasteiger partial charge in [-0.05, 0) is 67.1 Å². The molecule has 5 heteroatoms. The third-order valence-corrected chi connectivity index (χ3v) is 6.59. The molecule has 2 aromatic heterocycles. The van der Waals surface area contributed by atoms with E-state index in [1.165, 1.54) is 16.0 Å². The van der Waals surface area contributed by atoms with E-state index in [0.717, 1.165) is 41.6 Å². The Hall–Kier alpha value is -1.72. The normalized spacial score (nSPS) is 14.9. The van der Waals surface area contributed by atoms with Crippen LogP contribution in [0, 0.1) is 4.77 Å². The molecule has 1 N–H and O–H groups in total. The van der Waals surface area contributed by atoms with Crippen LogP contribution in [0.25, 0.3) is 15.9 Å². The third-order valence-electron chi connectivity index (χ3n) is 5.09. The van der Waals surface area contributed by atoms with Crippen molar-refractivity contribution >= 4 is 33.8 Å². The van der Waals surface area contributed by atoms with Gasteiger partial charge in [0.25, 0.3) is 5.56 Å². The van der Waals surface area contributed by atoms with Gasteiger partial charge in [-0.1, -0.05) is 26.0 Å². The maximum Gasteiger partial charge on any atom is 0.267 e. The summed E-state index contributed by atoms with van der Waals surface area (Å²) >= 11 is 7.17. The molecule has 0 bridgehead atoms. The van der Waals surface area contributed by atoms with Gasteiger partial charge >= 0.3 is 0 Å². The number of aryl methyl sites for hydroxylation is 2. The summed E-state index contributed by atoms with van der Waals surface area (Å²) in [6, 6.07) is 8.22. The largest absolute Gasteiger partial charge is 0.323 e. The van der Waals surface area contributed by atoms with Gasteiger partial charge in [0.05, 0.1) is 11.1 Å². The Morgan fingerprint density at radius 2 is 2.04 bits per heavy atom. The van der Waals surface area contributed by atoms with Crippen LogP contribution < -0.4 is 5.56 Å². The molecule has 0 amide bonds. The molecule has 0 fully saturated rings. The lowest BCUT2D eigenvalue weighted by atomic mass is 9.98. The topological polar surface area (TPSA) is 37.8 Å². The summed E-state index contributed by atoms with van der Waals surface area (Å²) in [7, 11) is 0. The number of hydrogen-bond acceptors (Lipinski definition) is 3. The number of fused-ring (bicyclic) bond motifs is 3. The highest BCUT2D eigenvalue weighted by atomic mass is 32.1. The lowest BCUT2D eigenvalue weighted by Gasteiger charge is -2.11. The van der Waals surface area contributed by atoms with Gasteiger partial charge in [0.15, 0.2) is 4.77 Å². The van der Waals surface area contributed by atoms with Crippen molar-refractivity contribution in [1.29, 1.82) is 0 Å². The monoisotopic (exact) mass is 356 g/mol. The summed E-state index contributed by atoms with van der Waals surface area (Å²) < 4.78 is 2.12. The fourth-order valence-electron chi connectivity index (χ4n) is 3.50. The minimum absolute atomic E-state index is 0.0180. The van der Waals surface area contributed by atoms with Gasteiger partial charge in [0.2, 0.25) is 0 Å². The predicted molar refractivity (Wildman–Crippen MR) is 103 cm³/mol. The molecule has 3 nitrogen and oxygen atoms in total. The van der Waals surface area contributed by atoms with Crippen LogP contribution in [0.3, 0.4) is 0 Å². The number of nitrogens with one attached hydrogen (secondary N) is 1. The van der Waals surface area contributed by atoms with Crippen LogP contribution in [0.5, 0.6) is 0 Å².